The summed E-state index contributed by atoms with van der Waals surface area (Å²) in [7, 11) is 0. The Hall–Kier alpha value is -2.51. The van der Waals surface area contributed by atoms with Crippen LogP contribution in [0, 0.1) is 0 Å². The summed E-state index contributed by atoms with van der Waals surface area (Å²) in [5.41, 5.74) is 5.32. The average molecular weight is 464 g/mol. The van der Waals surface area contributed by atoms with Crippen LogP contribution in [0.1, 0.15) is 65.8 Å². The molecule has 5 rings (SSSR count). The predicted molar refractivity (Wildman–Crippen MR) is 132 cm³/mol. The fourth-order valence-corrected chi connectivity index (χ4v) is 5.84. The molecule has 1 saturated heterocycles. The minimum Gasteiger partial charge on any atom is -0.337 e. The van der Waals surface area contributed by atoms with Crippen LogP contribution in [0.3, 0.4) is 0 Å². The lowest BCUT2D eigenvalue weighted by atomic mass is 9.91. The van der Waals surface area contributed by atoms with Gasteiger partial charge in [-0.3, -0.25) is 9.48 Å². The van der Waals surface area contributed by atoms with Crippen molar-refractivity contribution in [3.63, 3.8) is 0 Å². The molecule has 6 nitrogen and oxygen atoms in total. The van der Waals surface area contributed by atoms with Gasteiger partial charge < -0.3 is 10.2 Å². The molecule has 3 aromatic rings. The van der Waals surface area contributed by atoms with Crippen molar-refractivity contribution in [3.8, 4) is 11.3 Å². The maximum Gasteiger partial charge on any atom is 0.274 e. The first-order chi connectivity index (χ1) is 16.2. The zero-order chi connectivity index (χ0) is 22.6. The third kappa shape index (κ3) is 4.89. The van der Waals surface area contributed by atoms with E-state index in [0.29, 0.717) is 11.7 Å². The molecule has 174 valence electrons. The molecule has 7 heteroatoms. The molecule has 1 fully saturated rings. The zero-order valence-corrected chi connectivity index (χ0v) is 20.2. The van der Waals surface area contributed by atoms with Crippen LogP contribution < -0.4 is 5.32 Å². The van der Waals surface area contributed by atoms with Crippen molar-refractivity contribution in [2.75, 3.05) is 13.1 Å². The van der Waals surface area contributed by atoms with Crippen LogP contribution in [0.2, 0.25) is 0 Å². The van der Waals surface area contributed by atoms with Crippen molar-refractivity contribution in [2.24, 2.45) is 0 Å². The fourth-order valence-electron chi connectivity index (χ4n) is 5.08. The maximum absolute atomic E-state index is 13.4. The van der Waals surface area contributed by atoms with Gasteiger partial charge in [0.05, 0.1) is 5.69 Å². The lowest BCUT2D eigenvalue weighted by Gasteiger charge is -2.25. The molecule has 1 aliphatic carbocycles. The number of hydrogen-bond acceptors (Lipinski definition) is 5. The maximum atomic E-state index is 13.4. The van der Waals surface area contributed by atoms with E-state index < -0.39 is 0 Å². The number of rotatable bonds is 6. The summed E-state index contributed by atoms with van der Waals surface area (Å²) in [6, 6.07) is 10.7. The molecule has 3 heterocycles. The molecular formula is C26H33N5OS. The van der Waals surface area contributed by atoms with Crippen molar-refractivity contribution in [1.29, 1.82) is 0 Å². The molecular weight excluding hydrogens is 430 g/mol. The van der Waals surface area contributed by atoms with Gasteiger partial charge in [-0.05, 0) is 39.0 Å². The van der Waals surface area contributed by atoms with E-state index in [1.807, 2.05) is 23.1 Å². The number of benzene rings is 1. The molecule has 0 unspecified atom stereocenters. The first-order valence-electron chi connectivity index (χ1n) is 12.3. The highest BCUT2D eigenvalue weighted by atomic mass is 32.1. The molecule has 0 saturated carbocycles. The van der Waals surface area contributed by atoms with E-state index in [-0.39, 0.29) is 5.91 Å². The Morgan fingerprint density at radius 3 is 2.70 bits per heavy atom. The minimum absolute atomic E-state index is 0.133. The summed E-state index contributed by atoms with van der Waals surface area (Å²) < 4.78 is 2.06. The van der Waals surface area contributed by atoms with Gasteiger partial charge in [0, 0.05) is 54.4 Å². The summed E-state index contributed by atoms with van der Waals surface area (Å²) in [5, 5.41) is 11.7. The van der Waals surface area contributed by atoms with E-state index in [0.717, 1.165) is 74.5 Å². The van der Waals surface area contributed by atoms with Crippen LogP contribution in [0.5, 0.6) is 0 Å². The molecule has 1 aromatic carbocycles. The summed E-state index contributed by atoms with van der Waals surface area (Å²) in [6.07, 6.45) is 7.54. The molecule has 33 heavy (non-hydrogen) atoms. The number of likely N-dealkylation sites (tertiary alicyclic amines) is 1. The Balaban J connectivity index is 1.27. The summed E-state index contributed by atoms with van der Waals surface area (Å²) >= 11 is 1.70. The quantitative estimate of drug-likeness (QED) is 0.576. The van der Waals surface area contributed by atoms with Crippen LogP contribution in [0.25, 0.3) is 11.3 Å². The lowest BCUT2D eigenvalue weighted by molar-refractivity contribution is 0.0753. The van der Waals surface area contributed by atoms with E-state index in [1.165, 1.54) is 24.1 Å². The molecule has 0 bridgehead atoms. The molecule has 1 atom stereocenters. The van der Waals surface area contributed by atoms with E-state index >= 15 is 0 Å². The molecule has 1 aliphatic heterocycles. The van der Waals surface area contributed by atoms with Gasteiger partial charge >= 0.3 is 0 Å². The number of hydrogen-bond donors (Lipinski definition) is 1. The number of nitrogens with one attached hydrogen (secondary N) is 1. The summed E-state index contributed by atoms with van der Waals surface area (Å²) in [6.45, 7) is 5.42. The Kier molecular flexibility index (Phi) is 6.88. The van der Waals surface area contributed by atoms with Crippen LogP contribution in [-0.4, -0.2) is 44.7 Å². The highest BCUT2D eigenvalue weighted by Crippen LogP contribution is 2.27. The van der Waals surface area contributed by atoms with Crippen LogP contribution in [-0.2, 0) is 25.9 Å². The third-order valence-corrected chi connectivity index (χ3v) is 7.75. The Morgan fingerprint density at radius 2 is 1.94 bits per heavy atom. The van der Waals surface area contributed by atoms with E-state index in [2.05, 4.69) is 34.4 Å². The van der Waals surface area contributed by atoms with Crippen molar-refractivity contribution in [3.05, 3.63) is 57.7 Å². The SMILES string of the molecule is CCn1nc(C(=O)N2CCCCCC2)c2c1CC[C@H](NCc1nc(-c3ccccc3)cs1)C2. The summed E-state index contributed by atoms with van der Waals surface area (Å²) in [4.78, 5) is 20.3. The van der Waals surface area contributed by atoms with E-state index in [9.17, 15) is 4.79 Å². The number of aromatic nitrogens is 3. The van der Waals surface area contributed by atoms with Crippen LogP contribution in [0.4, 0.5) is 0 Å². The fraction of sp³-hybridized carbons (Fsp3) is 0.500. The number of fused-ring (bicyclic) bond motifs is 1. The lowest BCUT2D eigenvalue weighted by Crippen LogP contribution is -2.36. The van der Waals surface area contributed by atoms with Gasteiger partial charge in [0.15, 0.2) is 5.69 Å². The van der Waals surface area contributed by atoms with Gasteiger partial charge in [-0.1, -0.05) is 43.2 Å². The van der Waals surface area contributed by atoms with Crippen molar-refractivity contribution in [1.82, 2.24) is 25.0 Å². The molecule has 0 radical (unpaired) electrons. The van der Waals surface area contributed by atoms with Crippen LogP contribution in [0.15, 0.2) is 35.7 Å². The monoisotopic (exact) mass is 463 g/mol. The van der Waals surface area contributed by atoms with Gasteiger partial charge in [-0.25, -0.2) is 4.98 Å². The normalized spacial score (nSPS) is 18.7. The van der Waals surface area contributed by atoms with Crippen molar-refractivity contribution >= 4 is 17.2 Å². The minimum atomic E-state index is 0.133. The predicted octanol–water partition coefficient (Wildman–Crippen LogP) is 4.69. The number of carbonyl (C=O) groups excluding carboxylic acids is 1. The number of aryl methyl sites for hydroxylation is 1. The number of thiazole rings is 1. The molecule has 0 spiro atoms. The number of carbonyl (C=O) groups is 1. The smallest absolute Gasteiger partial charge is 0.274 e. The van der Waals surface area contributed by atoms with Gasteiger partial charge in [0.2, 0.25) is 0 Å². The first kappa shape index (κ1) is 22.3. The average Bonchev–Trinajstić information content (AvgIpc) is 3.38. The third-order valence-electron chi connectivity index (χ3n) is 6.91. The van der Waals surface area contributed by atoms with Gasteiger partial charge in [-0.15, -0.1) is 11.3 Å². The highest BCUT2D eigenvalue weighted by molar-refractivity contribution is 7.09. The second-order valence-corrected chi connectivity index (χ2v) is 10.1. The van der Waals surface area contributed by atoms with Crippen LogP contribution >= 0.6 is 11.3 Å². The van der Waals surface area contributed by atoms with Gasteiger partial charge in [0.1, 0.15) is 5.01 Å². The highest BCUT2D eigenvalue weighted by Gasteiger charge is 2.31. The Morgan fingerprint density at radius 1 is 1.15 bits per heavy atom. The topological polar surface area (TPSA) is 63.1 Å². The molecule has 2 aromatic heterocycles. The Bertz CT molecular complexity index is 1080. The Labute approximate surface area is 200 Å². The van der Waals surface area contributed by atoms with E-state index in [4.69, 9.17) is 10.1 Å². The number of nitrogens with zero attached hydrogens (tertiary/aromatic N) is 4. The number of amides is 1. The molecule has 2 aliphatic rings. The molecule has 1 amide bonds. The van der Waals surface area contributed by atoms with Crippen molar-refractivity contribution in [2.45, 2.75) is 71.0 Å². The zero-order valence-electron chi connectivity index (χ0n) is 19.4. The molecule has 1 N–H and O–H groups in total. The first-order valence-corrected chi connectivity index (χ1v) is 13.2. The largest absolute Gasteiger partial charge is 0.337 e. The second-order valence-electron chi connectivity index (χ2n) is 9.11. The van der Waals surface area contributed by atoms with Gasteiger partial charge in [0.25, 0.3) is 5.91 Å². The van der Waals surface area contributed by atoms with Crippen molar-refractivity contribution < 1.29 is 4.79 Å². The standard InChI is InChI=1S/C26H33N5OS/c1-2-31-23-13-12-20(27-17-24-28-22(18-33-24)19-10-6-5-7-11-19)16-21(23)25(29-31)26(32)30-14-8-3-4-9-15-30/h5-7,10-11,18,20,27H,2-4,8-9,12-17H2,1H3/t20-/m0/s1. The van der Waals surface area contributed by atoms with Gasteiger partial charge in [-0.2, -0.15) is 5.10 Å². The second kappa shape index (κ2) is 10.2. The summed E-state index contributed by atoms with van der Waals surface area (Å²) in [5.74, 6) is 0.133. The van der Waals surface area contributed by atoms with E-state index in [1.54, 1.807) is 11.3 Å².